The largest absolute Gasteiger partial charge is 0.443 e. The molecule has 3 rings (SSSR count). The second-order valence-electron chi connectivity index (χ2n) is 5.86. The van der Waals surface area contributed by atoms with E-state index in [9.17, 15) is 4.79 Å². The van der Waals surface area contributed by atoms with Crippen LogP contribution in [0.4, 0.5) is 0 Å². The van der Waals surface area contributed by atoms with Gasteiger partial charge in [0, 0.05) is 20.1 Å². The average Bonchev–Trinajstić information content (AvgIpc) is 3.04. The maximum absolute atomic E-state index is 12.2. The number of benzene rings is 1. The smallest absolute Gasteiger partial charge is 0.249 e. The van der Waals surface area contributed by atoms with Gasteiger partial charge in [-0.3, -0.25) is 4.79 Å². The number of rotatable bonds is 5. The van der Waals surface area contributed by atoms with E-state index in [1.54, 1.807) is 13.3 Å². The summed E-state index contributed by atoms with van der Waals surface area (Å²) in [5.74, 6) is 1.47. The van der Waals surface area contributed by atoms with Crippen LogP contribution in [-0.4, -0.2) is 36.1 Å². The number of carbonyl (C=O) groups is 1. The Balaban J connectivity index is 1.73. The number of hydrogen-bond acceptors (Lipinski definition) is 4. The van der Waals surface area contributed by atoms with E-state index in [2.05, 4.69) is 17.1 Å². The molecular formula is C18H22N2O3. The molecule has 1 aliphatic heterocycles. The summed E-state index contributed by atoms with van der Waals surface area (Å²) in [6, 6.07) is 10.1. The van der Waals surface area contributed by atoms with E-state index in [0.717, 1.165) is 31.6 Å². The van der Waals surface area contributed by atoms with Crippen molar-refractivity contribution in [3.8, 4) is 0 Å². The van der Waals surface area contributed by atoms with Crippen LogP contribution in [0.15, 0.2) is 40.9 Å². The van der Waals surface area contributed by atoms with Crippen LogP contribution < -0.4 is 0 Å². The van der Waals surface area contributed by atoms with E-state index < -0.39 is 0 Å². The zero-order valence-electron chi connectivity index (χ0n) is 13.4. The Morgan fingerprint density at radius 1 is 1.35 bits per heavy atom. The number of nitrogens with zero attached hydrogens (tertiary/aromatic N) is 2. The predicted molar refractivity (Wildman–Crippen MR) is 85.9 cm³/mol. The summed E-state index contributed by atoms with van der Waals surface area (Å²) in [5, 5.41) is 0. The molecule has 2 aromatic rings. The van der Waals surface area contributed by atoms with Gasteiger partial charge in [-0.15, -0.1) is 0 Å². The maximum atomic E-state index is 12.2. The molecule has 0 unspecified atom stereocenters. The standard InChI is InChI=1S/C18H22N2O3/c1-22-13-17(21)20-10-6-5-9-16(20)18-19-12-15(23-18)11-14-7-3-2-4-8-14/h2-4,7-8,12,16H,5-6,9-11,13H2,1H3/t16-/m0/s1. The van der Waals surface area contributed by atoms with Crippen molar-refractivity contribution in [1.29, 1.82) is 0 Å². The molecule has 1 amide bonds. The highest BCUT2D eigenvalue weighted by atomic mass is 16.5. The van der Waals surface area contributed by atoms with Crippen molar-refractivity contribution in [2.75, 3.05) is 20.3 Å². The molecule has 0 N–H and O–H groups in total. The molecule has 0 spiro atoms. The highest BCUT2D eigenvalue weighted by molar-refractivity contribution is 5.77. The summed E-state index contributed by atoms with van der Waals surface area (Å²) in [5.41, 5.74) is 1.19. The van der Waals surface area contributed by atoms with Gasteiger partial charge in [0.1, 0.15) is 18.4 Å². The third kappa shape index (κ3) is 3.79. The first-order chi connectivity index (χ1) is 11.3. The number of hydrogen-bond donors (Lipinski definition) is 0. The van der Waals surface area contributed by atoms with Gasteiger partial charge in [0.2, 0.25) is 11.8 Å². The number of likely N-dealkylation sites (tertiary alicyclic amines) is 1. The van der Waals surface area contributed by atoms with Crippen LogP contribution in [-0.2, 0) is 16.0 Å². The van der Waals surface area contributed by atoms with Crippen molar-refractivity contribution in [2.24, 2.45) is 0 Å². The number of oxazole rings is 1. The molecule has 1 saturated heterocycles. The number of aromatic nitrogens is 1. The average molecular weight is 314 g/mol. The molecule has 1 aromatic heterocycles. The van der Waals surface area contributed by atoms with Gasteiger partial charge in [-0.25, -0.2) is 4.98 Å². The third-order valence-electron chi connectivity index (χ3n) is 4.17. The lowest BCUT2D eigenvalue weighted by atomic mass is 10.0. The molecule has 0 radical (unpaired) electrons. The first kappa shape index (κ1) is 15.7. The first-order valence-electron chi connectivity index (χ1n) is 8.05. The second-order valence-corrected chi connectivity index (χ2v) is 5.86. The highest BCUT2D eigenvalue weighted by Crippen LogP contribution is 2.31. The van der Waals surface area contributed by atoms with Gasteiger partial charge in [-0.2, -0.15) is 0 Å². The molecule has 0 bridgehead atoms. The Labute approximate surface area is 136 Å². The summed E-state index contributed by atoms with van der Waals surface area (Å²) in [4.78, 5) is 18.5. The van der Waals surface area contributed by atoms with Gasteiger partial charge < -0.3 is 14.1 Å². The van der Waals surface area contributed by atoms with Crippen molar-refractivity contribution in [2.45, 2.75) is 31.7 Å². The lowest BCUT2D eigenvalue weighted by Gasteiger charge is -2.33. The van der Waals surface area contributed by atoms with Crippen LogP contribution in [0, 0.1) is 0 Å². The molecule has 23 heavy (non-hydrogen) atoms. The predicted octanol–water partition coefficient (Wildman–Crippen LogP) is 2.97. The highest BCUT2D eigenvalue weighted by Gasteiger charge is 2.31. The van der Waals surface area contributed by atoms with Gasteiger partial charge >= 0.3 is 0 Å². The molecule has 1 aromatic carbocycles. The molecule has 1 atom stereocenters. The fourth-order valence-corrected chi connectivity index (χ4v) is 3.05. The zero-order chi connectivity index (χ0) is 16.1. The minimum absolute atomic E-state index is 0.00000868. The zero-order valence-corrected chi connectivity index (χ0v) is 13.4. The van der Waals surface area contributed by atoms with Crippen LogP contribution >= 0.6 is 0 Å². The van der Waals surface area contributed by atoms with Gasteiger partial charge in [0.15, 0.2) is 0 Å². The summed E-state index contributed by atoms with van der Waals surface area (Å²) in [6.45, 7) is 0.845. The fraction of sp³-hybridized carbons (Fsp3) is 0.444. The molecule has 122 valence electrons. The molecule has 5 nitrogen and oxygen atoms in total. The van der Waals surface area contributed by atoms with Gasteiger partial charge in [0.25, 0.3) is 0 Å². The van der Waals surface area contributed by atoms with Crippen molar-refractivity contribution < 1.29 is 13.9 Å². The Hall–Kier alpha value is -2.14. The Morgan fingerprint density at radius 2 is 2.17 bits per heavy atom. The van der Waals surface area contributed by atoms with E-state index in [0.29, 0.717) is 12.3 Å². The van der Waals surface area contributed by atoms with Gasteiger partial charge in [0.05, 0.1) is 6.20 Å². The maximum Gasteiger partial charge on any atom is 0.249 e. The summed E-state index contributed by atoms with van der Waals surface area (Å²) in [7, 11) is 1.54. The summed E-state index contributed by atoms with van der Waals surface area (Å²) in [6.07, 6.45) is 5.48. The second kappa shape index (κ2) is 7.42. The molecule has 0 saturated carbocycles. The van der Waals surface area contributed by atoms with Crippen molar-refractivity contribution in [3.63, 3.8) is 0 Å². The van der Waals surface area contributed by atoms with E-state index >= 15 is 0 Å². The summed E-state index contributed by atoms with van der Waals surface area (Å²) >= 11 is 0. The van der Waals surface area contributed by atoms with E-state index in [-0.39, 0.29) is 18.6 Å². The monoisotopic (exact) mass is 314 g/mol. The quantitative estimate of drug-likeness (QED) is 0.851. The van der Waals surface area contributed by atoms with Crippen molar-refractivity contribution >= 4 is 5.91 Å². The normalized spacial score (nSPS) is 18.1. The number of carbonyl (C=O) groups excluding carboxylic acids is 1. The topological polar surface area (TPSA) is 55.6 Å². The third-order valence-corrected chi connectivity index (χ3v) is 4.17. The Kier molecular flexibility index (Phi) is 5.08. The molecule has 1 fully saturated rings. The Morgan fingerprint density at radius 3 is 2.96 bits per heavy atom. The molecule has 5 heteroatoms. The van der Waals surface area contributed by atoms with E-state index in [1.165, 1.54) is 5.56 Å². The van der Waals surface area contributed by atoms with Crippen LogP contribution in [0.1, 0.15) is 42.5 Å². The summed E-state index contributed by atoms with van der Waals surface area (Å²) < 4.78 is 10.9. The van der Waals surface area contributed by atoms with E-state index in [1.807, 2.05) is 23.1 Å². The number of amides is 1. The molecular weight excluding hydrogens is 292 g/mol. The van der Waals surface area contributed by atoms with Crippen LogP contribution in [0.3, 0.4) is 0 Å². The number of ether oxygens (including phenoxy) is 1. The minimum atomic E-state index is -0.0732. The number of piperidine rings is 1. The van der Waals surface area contributed by atoms with E-state index in [4.69, 9.17) is 9.15 Å². The Bertz CT molecular complexity index is 639. The van der Waals surface area contributed by atoms with Crippen molar-refractivity contribution in [1.82, 2.24) is 9.88 Å². The van der Waals surface area contributed by atoms with Crippen LogP contribution in [0.25, 0.3) is 0 Å². The van der Waals surface area contributed by atoms with Crippen LogP contribution in [0.5, 0.6) is 0 Å². The fourth-order valence-electron chi connectivity index (χ4n) is 3.05. The first-order valence-corrected chi connectivity index (χ1v) is 8.05. The van der Waals surface area contributed by atoms with Gasteiger partial charge in [-0.05, 0) is 24.8 Å². The lowest BCUT2D eigenvalue weighted by molar-refractivity contribution is -0.139. The molecule has 2 heterocycles. The lowest BCUT2D eigenvalue weighted by Crippen LogP contribution is -2.40. The number of methoxy groups -OCH3 is 1. The molecule has 0 aliphatic carbocycles. The van der Waals surface area contributed by atoms with Gasteiger partial charge in [-0.1, -0.05) is 30.3 Å². The minimum Gasteiger partial charge on any atom is -0.443 e. The SMILES string of the molecule is COCC(=O)N1CCCC[C@H]1c1ncc(Cc2ccccc2)o1. The molecule has 1 aliphatic rings. The van der Waals surface area contributed by atoms with Crippen molar-refractivity contribution in [3.05, 3.63) is 53.7 Å². The van der Waals surface area contributed by atoms with Crippen LogP contribution in [0.2, 0.25) is 0 Å².